The zero-order valence-electron chi connectivity index (χ0n) is 11.2. The number of benzene rings is 2. The number of rotatable bonds is 4. The highest BCUT2D eigenvalue weighted by Gasteiger charge is 2.05. The molecule has 0 saturated carbocycles. The lowest BCUT2D eigenvalue weighted by molar-refractivity contribution is 0.112. The Morgan fingerprint density at radius 1 is 1.10 bits per heavy atom. The van der Waals surface area contributed by atoms with Gasteiger partial charge in [0.1, 0.15) is 5.75 Å². The third-order valence-corrected chi connectivity index (χ3v) is 3.34. The third-order valence-electron chi connectivity index (χ3n) is 3.34. The molecule has 3 nitrogen and oxygen atoms in total. The highest BCUT2D eigenvalue weighted by atomic mass is 16.5. The molecule has 3 heteroatoms. The van der Waals surface area contributed by atoms with Gasteiger partial charge in [0.2, 0.25) is 0 Å². The third kappa shape index (κ3) is 2.18. The Bertz CT molecular complexity index is 741. The van der Waals surface area contributed by atoms with Crippen molar-refractivity contribution in [3.8, 4) is 16.9 Å². The van der Waals surface area contributed by atoms with E-state index < -0.39 is 0 Å². The summed E-state index contributed by atoms with van der Waals surface area (Å²) in [5.74, 6) is 0.868. The molecule has 3 aromatic rings. The van der Waals surface area contributed by atoms with Crippen LogP contribution in [0.2, 0.25) is 0 Å². The number of H-pyrrole nitrogens is 1. The van der Waals surface area contributed by atoms with Crippen molar-refractivity contribution in [3.63, 3.8) is 0 Å². The van der Waals surface area contributed by atoms with Crippen LogP contribution >= 0.6 is 0 Å². The van der Waals surface area contributed by atoms with Gasteiger partial charge in [-0.3, -0.25) is 4.79 Å². The number of carbonyl (C=O) groups is 1. The Kier molecular flexibility index (Phi) is 3.25. The van der Waals surface area contributed by atoms with Crippen molar-refractivity contribution in [2.75, 3.05) is 6.61 Å². The fourth-order valence-corrected chi connectivity index (χ4v) is 2.33. The molecule has 0 atom stereocenters. The summed E-state index contributed by atoms with van der Waals surface area (Å²) in [5, 5.41) is 0.950. The normalized spacial score (nSPS) is 10.7. The summed E-state index contributed by atoms with van der Waals surface area (Å²) >= 11 is 0. The van der Waals surface area contributed by atoms with Gasteiger partial charge < -0.3 is 9.72 Å². The van der Waals surface area contributed by atoms with Crippen LogP contribution < -0.4 is 4.74 Å². The van der Waals surface area contributed by atoms with Gasteiger partial charge in [0.25, 0.3) is 0 Å². The number of nitrogens with one attached hydrogen (secondary N) is 1. The largest absolute Gasteiger partial charge is 0.494 e. The maximum atomic E-state index is 11.0. The van der Waals surface area contributed by atoms with E-state index in [2.05, 4.69) is 4.98 Å². The summed E-state index contributed by atoms with van der Waals surface area (Å²) in [6, 6.07) is 14.0. The van der Waals surface area contributed by atoms with E-state index in [1.807, 2.05) is 49.4 Å². The number of aromatic nitrogens is 1. The van der Waals surface area contributed by atoms with Gasteiger partial charge in [0.05, 0.1) is 6.61 Å². The van der Waals surface area contributed by atoms with Gasteiger partial charge in [-0.25, -0.2) is 0 Å². The predicted octanol–water partition coefficient (Wildman–Crippen LogP) is 4.05. The molecule has 100 valence electrons. The molecule has 0 amide bonds. The predicted molar refractivity (Wildman–Crippen MR) is 80.3 cm³/mol. The summed E-state index contributed by atoms with van der Waals surface area (Å²) in [7, 11) is 0. The van der Waals surface area contributed by atoms with Crippen molar-refractivity contribution >= 4 is 17.2 Å². The minimum absolute atomic E-state index is 0.664. The van der Waals surface area contributed by atoms with Crippen molar-refractivity contribution < 1.29 is 9.53 Å². The van der Waals surface area contributed by atoms with Gasteiger partial charge in [-0.05, 0) is 42.3 Å². The maximum absolute atomic E-state index is 11.0. The van der Waals surface area contributed by atoms with Crippen molar-refractivity contribution in [2.24, 2.45) is 0 Å². The van der Waals surface area contributed by atoms with Crippen LogP contribution in [0.1, 0.15) is 17.3 Å². The number of aromatic amines is 1. The minimum Gasteiger partial charge on any atom is -0.494 e. The van der Waals surface area contributed by atoms with E-state index in [9.17, 15) is 4.79 Å². The molecule has 3 rings (SSSR count). The molecular formula is C17H15NO2. The Morgan fingerprint density at radius 2 is 1.85 bits per heavy atom. The molecular weight excluding hydrogens is 250 g/mol. The van der Waals surface area contributed by atoms with E-state index in [0.29, 0.717) is 12.2 Å². The van der Waals surface area contributed by atoms with Gasteiger partial charge in [-0.15, -0.1) is 0 Å². The number of aldehydes is 1. The minimum atomic E-state index is 0.664. The first-order chi connectivity index (χ1) is 9.81. The van der Waals surface area contributed by atoms with Gasteiger partial charge in [-0.2, -0.15) is 0 Å². The number of carbonyl (C=O) groups excluding carboxylic acids is 1. The van der Waals surface area contributed by atoms with Gasteiger partial charge in [0, 0.05) is 22.7 Å². The van der Waals surface area contributed by atoms with Crippen LogP contribution in [0.4, 0.5) is 0 Å². The molecule has 1 N–H and O–H groups in total. The molecule has 0 fully saturated rings. The molecule has 20 heavy (non-hydrogen) atoms. The molecule has 1 heterocycles. The molecule has 2 aromatic carbocycles. The Labute approximate surface area is 117 Å². The Morgan fingerprint density at radius 3 is 2.55 bits per heavy atom. The van der Waals surface area contributed by atoms with Crippen LogP contribution in [-0.4, -0.2) is 17.9 Å². The molecule has 0 aliphatic carbocycles. The zero-order chi connectivity index (χ0) is 13.9. The van der Waals surface area contributed by atoms with Crippen molar-refractivity contribution in [1.82, 2.24) is 4.98 Å². The smallest absolute Gasteiger partial charge is 0.152 e. The zero-order valence-corrected chi connectivity index (χ0v) is 11.2. The quantitative estimate of drug-likeness (QED) is 0.723. The maximum Gasteiger partial charge on any atom is 0.152 e. The summed E-state index contributed by atoms with van der Waals surface area (Å²) in [6.45, 7) is 2.63. The fourth-order valence-electron chi connectivity index (χ4n) is 2.33. The first-order valence-corrected chi connectivity index (χ1v) is 6.61. The topological polar surface area (TPSA) is 42.1 Å². The van der Waals surface area contributed by atoms with Crippen LogP contribution in [0.15, 0.2) is 48.7 Å². The highest BCUT2D eigenvalue weighted by Crippen LogP contribution is 2.27. The van der Waals surface area contributed by atoms with E-state index in [1.165, 1.54) is 0 Å². The highest BCUT2D eigenvalue weighted by molar-refractivity contribution is 5.99. The molecule has 0 unspecified atom stereocenters. The first kappa shape index (κ1) is 12.5. The molecule has 0 radical (unpaired) electrons. The van der Waals surface area contributed by atoms with Gasteiger partial charge in [0.15, 0.2) is 6.29 Å². The van der Waals surface area contributed by atoms with Crippen molar-refractivity contribution in [1.29, 1.82) is 0 Å². The van der Waals surface area contributed by atoms with E-state index in [1.54, 1.807) is 6.20 Å². The summed E-state index contributed by atoms with van der Waals surface area (Å²) in [6.07, 6.45) is 2.61. The van der Waals surface area contributed by atoms with Crippen LogP contribution in [-0.2, 0) is 0 Å². The Balaban J connectivity index is 2.02. The number of hydrogen-bond donors (Lipinski definition) is 1. The van der Waals surface area contributed by atoms with Crippen LogP contribution in [0, 0.1) is 0 Å². The molecule has 0 bridgehead atoms. The van der Waals surface area contributed by atoms with E-state index in [0.717, 1.165) is 34.1 Å². The summed E-state index contributed by atoms with van der Waals surface area (Å²) < 4.78 is 5.44. The summed E-state index contributed by atoms with van der Waals surface area (Å²) in [5.41, 5.74) is 3.85. The van der Waals surface area contributed by atoms with Gasteiger partial charge in [-0.1, -0.05) is 18.2 Å². The molecule has 1 aromatic heterocycles. The number of fused-ring (bicyclic) bond motifs is 1. The summed E-state index contributed by atoms with van der Waals surface area (Å²) in [4.78, 5) is 14.1. The number of hydrogen-bond acceptors (Lipinski definition) is 2. The SMILES string of the molecule is CCOc1ccc(-c2ccc3[nH]cc(C=O)c3c2)cc1. The van der Waals surface area contributed by atoms with E-state index in [4.69, 9.17) is 4.74 Å². The second-order valence-corrected chi connectivity index (χ2v) is 4.58. The number of ether oxygens (including phenoxy) is 1. The lowest BCUT2D eigenvalue weighted by atomic mass is 10.0. The fraction of sp³-hybridized carbons (Fsp3) is 0.118. The lowest BCUT2D eigenvalue weighted by Gasteiger charge is -2.05. The van der Waals surface area contributed by atoms with Crippen molar-refractivity contribution in [3.05, 3.63) is 54.2 Å². The second-order valence-electron chi connectivity index (χ2n) is 4.58. The monoisotopic (exact) mass is 265 g/mol. The van der Waals surface area contributed by atoms with Crippen LogP contribution in [0.25, 0.3) is 22.0 Å². The second kappa shape index (κ2) is 5.21. The molecule has 0 spiro atoms. The van der Waals surface area contributed by atoms with E-state index >= 15 is 0 Å². The lowest BCUT2D eigenvalue weighted by Crippen LogP contribution is -1.90. The van der Waals surface area contributed by atoms with Crippen LogP contribution in [0.3, 0.4) is 0 Å². The molecule has 0 saturated heterocycles. The average Bonchev–Trinajstić information content (AvgIpc) is 2.90. The van der Waals surface area contributed by atoms with E-state index in [-0.39, 0.29) is 0 Å². The molecule has 0 aliphatic rings. The average molecular weight is 265 g/mol. The van der Waals surface area contributed by atoms with Gasteiger partial charge >= 0.3 is 0 Å². The first-order valence-electron chi connectivity index (χ1n) is 6.61. The van der Waals surface area contributed by atoms with Crippen LogP contribution in [0.5, 0.6) is 5.75 Å². The Hall–Kier alpha value is -2.55. The standard InChI is InChI=1S/C17H15NO2/c1-2-20-15-6-3-12(4-7-15)13-5-8-17-16(9-13)14(11-19)10-18-17/h3-11,18H,2H2,1H3. The van der Waals surface area contributed by atoms with Crippen molar-refractivity contribution in [2.45, 2.75) is 6.92 Å². The molecule has 0 aliphatic heterocycles.